The van der Waals surface area contributed by atoms with Crippen LogP contribution >= 0.6 is 0 Å². The number of benzene rings is 1. The fourth-order valence-electron chi connectivity index (χ4n) is 6.24. The van der Waals surface area contributed by atoms with Crippen LogP contribution in [0.15, 0.2) is 30.3 Å². The molecule has 0 saturated heterocycles. The van der Waals surface area contributed by atoms with Gasteiger partial charge in [0.1, 0.15) is 6.04 Å². The fourth-order valence-corrected chi connectivity index (χ4v) is 7.46. The Morgan fingerprint density at radius 1 is 1.11 bits per heavy atom. The molecule has 5 rings (SSSR count). The van der Waals surface area contributed by atoms with Crippen molar-refractivity contribution < 1.29 is 13.2 Å². The second kappa shape index (κ2) is 6.80. The number of rotatable bonds is 6. The van der Waals surface area contributed by atoms with Gasteiger partial charge in [-0.2, -0.15) is 0 Å². The first-order valence-corrected chi connectivity index (χ1v) is 12.0. The number of carbonyl (C=O) groups is 1. The lowest BCUT2D eigenvalue weighted by Gasteiger charge is -2.57. The van der Waals surface area contributed by atoms with E-state index in [1.807, 2.05) is 13.0 Å². The van der Waals surface area contributed by atoms with Crippen LogP contribution < -0.4 is 9.62 Å². The van der Waals surface area contributed by atoms with Gasteiger partial charge in [0.25, 0.3) is 0 Å². The van der Waals surface area contributed by atoms with Crippen molar-refractivity contribution in [2.45, 2.75) is 63.5 Å². The van der Waals surface area contributed by atoms with Crippen molar-refractivity contribution in [2.24, 2.45) is 17.8 Å². The molecule has 1 aromatic rings. The third-order valence-corrected chi connectivity index (χ3v) is 7.95. The molecule has 0 heterocycles. The van der Waals surface area contributed by atoms with Crippen molar-refractivity contribution in [2.75, 3.05) is 10.6 Å². The molecule has 1 atom stereocenters. The average Bonchev–Trinajstić information content (AvgIpc) is 2.57. The molecule has 0 spiro atoms. The standard InChI is InChI=1S/C21H30N2O3S/c1-3-19(23(27(2,25)26)18-7-5-4-6-8-18)20(24)22-21-12-15-9-16(13-21)11-17(10-15)14-21/h4-8,15-17,19H,3,9-14H2,1-2H3,(H,22,24)/t15?,16?,17?,19-,21?/m0/s1. The first-order chi connectivity index (χ1) is 12.8. The Balaban J connectivity index is 1.59. The van der Waals surface area contributed by atoms with E-state index in [-0.39, 0.29) is 11.4 Å². The largest absolute Gasteiger partial charge is 0.349 e. The van der Waals surface area contributed by atoms with E-state index in [2.05, 4.69) is 5.32 Å². The third-order valence-electron chi connectivity index (χ3n) is 6.77. The molecule has 1 N–H and O–H groups in total. The highest BCUT2D eigenvalue weighted by Gasteiger charge is 2.52. The van der Waals surface area contributed by atoms with Gasteiger partial charge in [0, 0.05) is 5.54 Å². The Labute approximate surface area is 162 Å². The van der Waals surface area contributed by atoms with Gasteiger partial charge in [-0.15, -0.1) is 0 Å². The molecule has 4 bridgehead atoms. The molecule has 4 aliphatic rings. The number of para-hydroxylation sites is 1. The third kappa shape index (κ3) is 3.60. The molecule has 4 saturated carbocycles. The SMILES string of the molecule is CC[C@@H](C(=O)NC12CC3CC(CC(C3)C1)C2)N(c1ccccc1)S(C)(=O)=O. The Hall–Kier alpha value is -1.56. The minimum Gasteiger partial charge on any atom is -0.349 e. The molecule has 4 aliphatic carbocycles. The second-order valence-corrected chi connectivity index (χ2v) is 10.9. The number of amides is 1. The first kappa shape index (κ1) is 18.8. The van der Waals surface area contributed by atoms with Gasteiger partial charge < -0.3 is 5.32 Å². The van der Waals surface area contributed by atoms with Crippen LogP contribution in [0, 0.1) is 17.8 Å². The van der Waals surface area contributed by atoms with Gasteiger partial charge in [-0.25, -0.2) is 8.42 Å². The lowest BCUT2D eigenvalue weighted by atomic mass is 9.53. The van der Waals surface area contributed by atoms with Crippen LogP contribution in [0.1, 0.15) is 51.9 Å². The van der Waals surface area contributed by atoms with Gasteiger partial charge in [-0.3, -0.25) is 9.10 Å². The zero-order valence-electron chi connectivity index (χ0n) is 16.2. The smallest absolute Gasteiger partial charge is 0.244 e. The van der Waals surface area contributed by atoms with Gasteiger partial charge in [0.05, 0.1) is 11.9 Å². The molecule has 4 fully saturated rings. The molecule has 5 nitrogen and oxygen atoms in total. The highest BCUT2D eigenvalue weighted by Crippen LogP contribution is 2.55. The van der Waals surface area contributed by atoms with Gasteiger partial charge in [-0.1, -0.05) is 25.1 Å². The summed E-state index contributed by atoms with van der Waals surface area (Å²) in [5, 5.41) is 3.35. The highest BCUT2D eigenvalue weighted by molar-refractivity contribution is 7.92. The quantitative estimate of drug-likeness (QED) is 0.810. The summed E-state index contributed by atoms with van der Waals surface area (Å²) in [6.45, 7) is 1.88. The Morgan fingerprint density at radius 2 is 1.63 bits per heavy atom. The molecule has 6 heteroatoms. The molecular weight excluding hydrogens is 360 g/mol. The molecule has 0 aromatic heterocycles. The van der Waals surface area contributed by atoms with Crippen LogP contribution in [-0.4, -0.2) is 32.2 Å². The van der Waals surface area contributed by atoms with E-state index >= 15 is 0 Å². The van der Waals surface area contributed by atoms with Crippen molar-refractivity contribution in [3.63, 3.8) is 0 Å². The summed E-state index contributed by atoms with van der Waals surface area (Å²) in [4.78, 5) is 13.3. The normalized spacial score (nSPS) is 32.9. The van der Waals surface area contributed by atoms with E-state index in [1.54, 1.807) is 24.3 Å². The summed E-state index contributed by atoms with van der Waals surface area (Å²) in [6.07, 6.45) is 8.74. The highest BCUT2D eigenvalue weighted by atomic mass is 32.2. The fraction of sp³-hybridized carbons (Fsp3) is 0.667. The van der Waals surface area contributed by atoms with E-state index in [4.69, 9.17) is 0 Å². The maximum absolute atomic E-state index is 13.3. The maximum Gasteiger partial charge on any atom is 0.244 e. The second-order valence-electron chi connectivity index (χ2n) is 9.01. The maximum atomic E-state index is 13.3. The Morgan fingerprint density at radius 3 is 2.07 bits per heavy atom. The van der Waals surface area contributed by atoms with Gasteiger partial charge >= 0.3 is 0 Å². The summed E-state index contributed by atoms with van der Waals surface area (Å²) in [5.41, 5.74) is 0.437. The predicted octanol–water partition coefficient (Wildman–Crippen LogP) is 3.32. The van der Waals surface area contributed by atoms with E-state index in [0.717, 1.165) is 37.0 Å². The van der Waals surface area contributed by atoms with E-state index in [1.165, 1.54) is 29.8 Å². The topological polar surface area (TPSA) is 66.5 Å². The summed E-state index contributed by atoms with van der Waals surface area (Å²) in [7, 11) is -3.57. The summed E-state index contributed by atoms with van der Waals surface area (Å²) >= 11 is 0. The van der Waals surface area contributed by atoms with Crippen molar-refractivity contribution >= 4 is 21.6 Å². The van der Waals surface area contributed by atoms with E-state index in [9.17, 15) is 13.2 Å². The van der Waals surface area contributed by atoms with Gasteiger partial charge in [0.2, 0.25) is 15.9 Å². The Bertz CT molecular complexity index is 771. The molecule has 0 aliphatic heterocycles. The molecule has 1 amide bonds. The average molecular weight is 391 g/mol. The molecule has 0 radical (unpaired) electrons. The first-order valence-electron chi connectivity index (χ1n) is 10.2. The summed E-state index contributed by atoms with van der Waals surface area (Å²) in [5.74, 6) is 2.05. The monoisotopic (exact) mass is 390 g/mol. The zero-order valence-corrected chi connectivity index (χ0v) is 17.0. The number of nitrogens with zero attached hydrogens (tertiary/aromatic N) is 1. The lowest BCUT2D eigenvalue weighted by Crippen LogP contribution is -2.63. The van der Waals surface area contributed by atoms with Crippen LogP contribution in [0.4, 0.5) is 5.69 Å². The van der Waals surface area contributed by atoms with Crippen molar-refractivity contribution in [3.8, 4) is 0 Å². The van der Waals surface area contributed by atoms with Crippen LogP contribution in [0.5, 0.6) is 0 Å². The molecular formula is C21H30N2O3S. The zero-order chi connectivity index (χ0) is 19.2. The number of hydrogen-bond donors (Lipinski definition) is 1. The number of sulfonamides is 1. The van der Waals surface area contributed by atoms with Crippen LogP contribution in [0.2, 0.25) is 0 Å². The Kier molecular flexibility index (Phi) is 4.73. The minimum absolute atomic E-state index is 0.112. The van der Waals surface area contributed by atoms with Crippen molar-refractivity contribution in [1.82, 2.24) is 5.32 Å². The summed E-state index contributed by atoms with van der Waals surface area (Å²) in [6, 6.07) is 8.24. The van der Waals surface area contributed by atoms with Gasteiger partial charge in [-0.05, 0) is 74.8 Å². The summed E-state index contributed by atoms with van der Waals surface area (Å²) < 4.78 is 26.4. The van der Waals surface area contributed by atoms with Crippen LogP contribution in [0.3, 0.4) is 0 Å². The molecule has 0 unspecified atom stereocenters. The number of carbonyl (C=O) groups excluding carboxylic acids is 1. The predicted molar refractivity (Wildman–Crippen MR) is 107 cm³/mol. The minimum atomic E-state index is -3.57. The number of hydrogen-bond acceptors (Lipinski definition) is 3. The number of nitrogens with one attached hydrogen (secondary N) is 1. The van der Waals surface area contributed by atoms with Crippen LogP contribution in [-0.2, 0) is 14.8 Å². The van der Waals surface area contributed by atoms with Gasteiger partial charge in [0.15, 0.2) is 0 Å². The van der Waals surface area contributed by atoms with E-state index < -0.39 is 16.1 Å². The van der Waals surface area contributed by atoms with Crippen molar-refractivity contribution in [1.29, 1.82) is 0 Å². The number of anilines is 1. The lowest BCUT2D eigenvalue weighted by molar-refractivity contribution is -0.128. The van der Waals surface area contributed by atoms with Crippen LogP contribution in [0.25, 0.3) is 0 Å². The molecule has 27 heavy (non-hydrogen) atoms. The van der Waals surface area contributed by atoms with E-state index in [0.29, 0.717) is 12.1 Å². The molecule has 148 valence electrons. The van der Waals surface area contributed by atoms with Crippen molar-refractivity contribution in [3.05, 3.63) is 30.3 Å². The molecule has 1 aromatic carbocycles.